The molecule has 18 heavy (non-hydrogen) atoms. The van der Waals surface area contributed by atoms with Gasteiger partial charge in [-0.05, 0) is 39.8 Å². The quantitative estimate of drug-likeness (QED) is 0.842. The van der Waals surface area contributed by atoms with Crippen molar-refractivity contribution in [2.45, 2.75) is 45.8 Å². The minimum absolute atomic E-state index is 0.0684. The number of quaternary nitrogens is 1. The van der Waals surface area contributed by atoms with Crippen molar-refractivity contribution in [1.29, 1.82) is 0 Å². The highest BCUT2D eigenvalue weighted by atomic mass is 35.5. The van der Waals surface area contributed by atoms with Gasteiger partial charge in [-0.2, -0.15) is 0 Å². The van der Waals surface area contributed by atoms with Crippen molar-refractivity contribution in [1.82, 2.24) is 5.32 Å². The van der Waals surface area contributed by atoms with Gasteiger partial charge in [-0.15, -0.1) is 0 Å². The van der Waals surface area contributed by atoms with E-state index in [1.807, 2.05) is 50.4 Å². The third-order valence-electron chi connectivity index (χ3n) is 2.80. The highest BCUT2D eigenvalue weighted by Gasteiger charge is 2.20. The molecule has 0 aromatic heterocycles. The summed E-state index contributed by atoms with van der Waals surface area (Å²) in [5.41, 5.74) is 1.13. The maximum atomic E-state index is 11.8. The highest BCUT2D eigenvalue weighted by Crippen LogP contribution is 2.14. The highest BCUT2D eigenvalue weighted by molar-refractivity contribution is 6.30. The Labute approximate surface area is 114 Å². The number of rotatable bonds is 5. The lowest BCUT2D eigenvalue weighted by atomic mass is 10.1. The lowest BCUT2D eigenvalue weighted by molar-refractivity contribution is -0.710. The van der Waals surface area contributed by atoms with Crippen LogP contribution in [0.4, 0.5) is 0 Å². The Bertz CT molecular complexity index is 407. The van der Waals surface area contributed by atoms with Crippen LogP contribution < -0.4 is 10.6 Å². The number of hydrogen-bond acceptors (Lipinski definition) is 1. The molecule has 0 saturated carbocycles. The van der Waals surface area contributed by atoms with E-state index in [4.69, 9.17) is 11.6 Å². The molecule has 0 aliphatic carbocycles. The Morgan fingerprint density at radius 3 is 2.50 bits per heavy atom. The molecule has 0 saturated heterocycles. The summed E-state index contributed by atoms with van der Waals surface area (Å²) in [5, 5.41) is 5.69. The van der Waals surface area contributed by atoms with Crippen LogP contribution in [0.3, 0.4) is 0 Å². The molecule has 1 aromatic rings. The number of halogens is 1. The molecule has 0 fully saturated rings. The van der Waals surface area contributed by atoms with Gasteiger partial charge in [0.25, 0.3) is 5.91 Å². The summed E-state index contributed by atoms with van der Waals surface area (Å²) in [7, 11) is 0. The van der Waals surface area contributed by atoms with Crippen LogP contribution in [0.25, 0.3) is 0 Å². The van der Waals surface area contributed by atoms with Gasteiger partial charge in [0.2, 0.25) is 0 Å². The Morgan fingerprint density at radius 1 is 1.28 bits per heavy atom. The molecule has 0 bridgehead atoms. The average molecular weight is 270 g/mol. The van der Waals surface area contributed by atoms with Crippen LogP contribution in [-0.2, 0) is 4.79 Å². The van der Waals surface area contributed by atoms with Crippen molar-refractivity contribution in [3.8, 4) is 0 Å². The van der Waals surface area contributed by atoms with Gasteiger partial charge in [0.1, 0.15) is 6.04 Å². The van der Waals surface area contributed by atoms with Crippen molar-refractivity contribution in [2.24, 2.45) is 0 Å². The monoisotopic (exact) mass is 269 g/mol. The standard InChI is InChI=1S/C14H21ClN2O/c1-9(2)16-14(18)11(4)17-10(3)12-6-5-7-13(15)8-12/h5-11,17H,1-4H3,(H,16,18)/p+1/t10-,11+/m0/s1. The predicted octanol–water partition coefficient (Wildman–Crippen LogP) is 1.88. The minimum Gasteiger partial charge on any atom is -0.349 e. The van der Waals surface area contributed by atoms with Gasteiger partial charge in [-0.25, -0.2) is 0 Å². The number of benzene rings is 1. The van der Waals surface area contributed by atoms with Crippen molar-refractivity contribution >= 4 is 17.5 Å². The molecular weight excluding hydrogens is 248 g/mol. The molecule has 1 amide bonds. The molecule has 3 N–H and O–H groups in total. The van der Waals surface area contributed by atoms with Gasteiger partial charge in [-0.3, -0.25) is 4.79 Å². The van der Waals surface area contributed by atoms with Crippen LogP contribution in [-0.4, -0.2) is 18.0 Å². The average Bonchev–Trinajstić information content (AvgIpc) is 2.27. The fourth-order valence-electron chi connectivity index (χ4n) is 1.84. The minimum atomic E-state index is -0.110. The van der Waals surface area contributed by atoms with Crippen molar-refractivity contribution < 1.29 is 10.1 Å². The van der Waals surface area contributed by atoms with E-state index in [0.717, 1.165) is 10.6 Å². The zero-order valence-corrected chi connectivity index (χ0v) is 12.2. The fraction of sp³-hybridized carbons (Fsp3) is 0.500. The van der Waals surface area contributed by atoms with Gasteiger partial charge < -0.3 is 10.6 Å². The largest absolute Gasteiger partial charge is 0.349 e. The van der Waals surface area contributed by atoms with Gasteiger partial charge >= 0.3 is 0 Å². The van der Waals surface area contributed by atoms with Gasteiger partial charge in [-0.1, -0.05) is 23.7 Å². The van der Waals surface area contributed by atoms with E-state index in [9.17, 15) is 4.79 Å². The second-order valence-corrected chi connectivity index (χ2v) is 5.42. The van der Waals surface area contributed by atoms with Crippen LogP contribution in [0.5, 0.6) is 0 Å². The number of nitrogens with one attached hydrogen (secondary N) is 1. The lowest BCUT2D eigenvalue weighted by Crippen LogP contribution is -2.92. The van der Waals surface area contributed by atoms with E-state index in [0.29, 0.717) is 0 Å². The molecule has 1 aromatic carbocycles. The molecule has 2 atom stereocenters. The molecule has 0 heterocycles. The summed E-state index contributed by atoms with van der Waals surface area (Å²) in [6.07, 6.45) is 0. The van der Waals surface area contributed by atoms with Crippen LogP contribution in [0.2, 0.25) is 5.02 Å². The normalized spacial score (nSPS) is 14.3. The molecule has 0 aliphatic heterocycles. The Kier molecular flexibility index (Phi) is 5.63. The predicted molar refractivity (Wildman–Crippen MR) is 74.5 cm³/mol. The zero-order chi connectivity index (χ0) is 13.7. The summed E-state index contributed by atoms with van der Waals surface area (Å²) in [6.45, 7) is 7.92. The fourth-order valence-corrected chi connectivity index (χ4v) is 2.04. The van der Waals surface area contributed by atoms with Gasteiger partial charge in [0.15, 0.2) is 6.04 Å². The van der Waals surface area contributed by atoms with E-state index in [1.54, 1.807) is 0 Å². The van der Waals surface area contributed by atoms with Crippen molar-refractivity contribution in [3.05, 3.63) is 34.9 Å². The first-order valence-electron chi connectivity index (χ1n) is 6.31. The molecule has 0 unspecified atom stereocenters. The molecule has 3 nitrogen and oxygen atoms in total. The summed E-state index contributed by atoms with van der Waals surface area (Å²) in [4.78, 5) is 11.8. The maximum absolute atomic E-state index is 11.8. The number of nitrogens with two attached hydrogens (primary N) is 1. The summed E-state index contributed by atoms with van der Waals surface area (Å²) < 4.78 is 0. The third-order valence-corrected chi connectivity index (χ3v) is 3.03. The van der Waals surface area contributed by atoms with E-state index in [2.05, 4.69) is 12.2 Å². The number of carbonyl (C=O) groups is 1. The molecule has 4 heteroatoms. The topological polar surface area (TPSA) is 45.7 Å². The first-order chi connectivity index (χ1) is 8.40. The summed E-state index contributed by atoms with van der Waals surface area (Å²) in [5.74, 6) is 0.0684. The molecule has 1 rings (SSSR count). The van der Waals surface area contributed by atoms with E-state index in [-0.39, 0.29) is 24.0 Å². The van der Waals surface area contributed by atoms with Crippen LogP contribution in [0.15, 0.2) is 24.3 Å². The first kappa shape index (κ1) is 15.0. The number of amides is 1. The molecule has 0 aliphatic rings. The molecular formula is C14H22ClN2O+. The Morgan fingerprint density at radius 2 is 1.94 bits per heavy atom. The maximum Gasteiger partial charge on any atom is 0.278 e. The number of carbonyl (C=O) groups excluding carboxylic acids is 1. The smallest absolute Gasteiger partial charge is 0.278 e. The summed E-state index contributed by atoms with van der Waals surface area (Å²) >= 11 is 5.96. The Hall–Kier alpha value is -1.06. The van der Waals surface area contributed by atoms with E-state index < -0.39 is 0 Å². The first-order valence-corrected chi connectivity index (χ1v) is 6.68. The SMILES string of the molecule is CC(C)NC(=O)[C@@H](C)[NH2+][C@@H](C)c1cccc(Cl)c1. The van der Waals surface area contributed by atoms with Crippen molar-refractivity contribution in [2.75, 3.05) is 0 Å². The van der Waals surface area contributed by atoms with Crippen LogP contribution >= 0.6 is 11.6 Å². The van der Waals surface area contributed by atoms with Gasteiger partial charge in [0, 0.05) is 16.6 Å². The van der Waals surface area contributed by atoms with Crippen LogP contribution in [0.1, 0.15) is 39.3 Å². The molecule has 100 valence electrons. The Balaban J connectivity index is 2.59. The van der Waals surface area contributed by atoms with Crippen LogP contribution in [0, 0.1) is 0 Å². The van der Waals surface area contributed by atoms with Crippen molar-refractivity contribution in [3.63, 3.8) is 0 Å². The molecule has 0 radical (unpaired) electrons. The second kappa shape index (κ2) is 6.76. The second-order valence-electron chi connectivity index (χ2n) is 4.99. The van der Waals surface area contributed by atoms with Gasteiger partial charge in [0.05, 0.1) is 0 Å². The summed E-state index contributed by atoms with van der Waals surface area (Å²) in [6, 6.07) is 8.02. The van der Waals surface area contributed by atoms with E-state index >= 15 is 0 Å². The third kappa shape index (κ3) is 4.67. The van der Waals surface area contributed by atoms with E-state index in [1.165, 1.54) is 0 Å². The molecule has 0 spiro atoms. The zero-order valence-electron chi connectivity index (χ0n) is 11.4. The lowest BCUT2D eigenvalue weighted by Gasteiger charge is -2.18. The number of hydrogen-bond donors (Lipinski definition) is 2.